The largest absolute Gasteiger partial charge is 0.478 e. The Bertz CT molecular complexity index is 1100. The molecule has 0 amide bonds. The Morgan fingerprint density at radius 3 is 1.78 bits per heavy atom. The van der Waals surface area contributed by atoms with Crippen LogP contribution < -0.4 is 0 Å². The molecule has 1 N–H and O–H groups in total. The molecule has 0 bridgehead atoms. The molecule has 0 spiro atoms. The van der Waals surface area contributed by atoms with Crippen LogP contribution in [-0.2, 0) is 0 Å². The summed E-state index contributed by atoms with van der Waals surface area (Å²) in [7, 11) is 0. The van der Waals surface area contributed by atoms with E-state index < -0.39 is 5.97 Å². The molecule has 2 aromatic carbocycles. The van der Waals surface area contributed by atoms with Crippen LogP contribution in [0, 0.1) is 0 Å². The second kappa shape index (κ2) is 7.31. The van der Waals surface area contributed by atoms with Crippen molar-refractivity contribution in [3.05, 3.63) is 83.2 Å². The maximum atomic E-state index is 11.0. The monoisotopic (exact) mass is 390 g/mol. The van der Waals surface area contributed by atoms with Crippen molar-refractivity contribution in [2.24, 2.45) is 0 Å². The summed E-state index contributed by atoms with van der Waals surface area (Å²) in [6.07, 6.45) is 0.879. The number of benzene rings is 2. The Morgan fingerprint density at radius 2 is 1.19 bits per heavy atom. The Morgan fingerprint density at radius 1 is 0.667 bits per heavy atom. The number of carboxylic acid groups (broad SMARTS) is 1. The number of aromatic carboxylic acids is 1. The van der Waals surface area contributed by atoms with Crippen molar-refractivity contribution < 1.29 is 14.7 Å². The van der Waals surface area contributed by atoms with E-state index in [1.807, 2.05) is 36.4 Å². The SMILES string of the molecule is O=Cc1ccc(-c2ccc(-c3ccc(-c4ccc(C(=O)O)cc4)cc3)s2)s1. The van der Waals surface area contributed by atoms with Gasteiger partial charge in [0.1, 0.15) is 0 Å². The molecule has 0 atom stereocenters. The van der Waals surface area contributed by atoms with Crippen LogP contribution in [0.1, 0.15) is 20.0 Å². The number of hydrogen-bond donors (Lipinski definition) is 1. The van der Waals surface area contributed by atoms with E-state index in [-0.39, 0.29) is 5.56 Å². The van der Waals surface area contributed by atoms with Crippen molar-refractivity contribution >= 4 is 34.9 Å². The molecule has 2 heterocycles. The molecule has 132 valence electrons. The van der Waals surface area contributed by atoms with E-state index in [0.717, 1.165) is 37.6 Å². The van der Waals surface area contributed by atoms with Gasteiger partial charge in [0, 0.05) is 14.6 Å². The highest BCUT2D eigenvalue weighted by atomic mass is 32.1. The number of carboxylic acids is 1. The molecule has 0 fully saturated rings. The first-order valence-corrected chi connectivity index (χ1v) is 9.87. The van der Waals surface area contributed by atoms with Crippen molar-refractivity contribution in [1.82, 2.24) is 0 Å². The average Bonchev–Trinajstić information content (AvgIpc) is 3.37. The molecule has 0 aliphatic heterocycles. The number of aldehydes is 1. The second-order valence-electron chi connectivity index (χ2n) is 5.94. The van der Waals surface area contributed by atoms with Crippen LogP contribution in [0.2, 0.25) is 0 Å². The minimum absolute atomic E-state index is 0.285. The lowest BCUT2D eigenvalue weighted by atomic mass is 10.0. The van der Waals surface area contributed by atoms with Crippen molar-refractivity contribution in [2.75, 3.05) is 0 Å². The van der Waals surface area contributed by atoms with Gasteiger partial charge in [-0.3, -0.25) is 4.79 Å². The Balaban J connectivity index is 1.57. The van der Waals surface area contributed by atoms with Gasteiger partial charge in [-0.2, -0.15) is 0 Å². The maximum Gasteiger partial charge on any atom is 0.335 e. The lowest BCUT2D eigenvalue weighted by molar-refractivity contribution is 0.0696. The molecule has 4 aromatic rings. The Hall–Kier alpha value is -3.02. The Labute approximate surface area is 164 Å². The van der Waals surface area contributed by atoms with Gasteiger partial charge < -0.3 is 5.11 Å². The summed E-state index contributed by atoms with van der Waals surface area (Å²) in [6, 6.07) is 23.1. The molecule has 0 unspecified atom stereocenters. The van der Waals surface area contributed by atoms with Crippen molar-refractivity contribution in [1.29, 1.82) is 0 Å². The third-order valence-corrected chi connectivity index (χ3v) is 6.57. The molecule has 0 aliphatic rings. The first kappa shape index (κ1) is 17.4. The molecule has 5 heteroatoms. The van der Waals surface area contributed by atoms with Crippen molar-refractivity contribution in [3.8, 4) is 31.3 Å². The van der Waals surface area contributed by atoms with E-state index in [1.54, 1.807) is 23.5 Å². The molecule has 0 saturated heterocycles. The van der Waals surface area contributed by atoms with Crippen LogP contribution in [0.4, 0.5) is 0 Å². The standard InChI is InChI=1S/C22H14O3S2/c23-13-18-9-10-20(26-18)21-12-11-19(27-21)16-5-1-14(2-6-16)15-3-7-17(8-4-15)22(24)25/h1-13H,(H,24,25). The predicted octanol–water partition coefficient (Wildman–Crippen LogP) is 6.32. The van der Waals surface area contributed by atoms with Gasteiger partial charge in [0.2, 0.25) is 0 Å². The lowest BCUT2D eigenvalue weighted by Crippen LogP contribution is -1.94. The summed E-state index contributed by atoms with van der Waals surface area (Å²) in [4.78, 5) is 26.0. The van der Waals surface area contributed by atoms with Crippen molar-refractivity contribution in [3.63, 3.8) is 0 Å². The number of carbonyl (C=O) groups is 2. The molecular weight excluding hydrogens is 376 g/mol. The fraction of sp³-hybridized carbons (Fsp3) is 0. The van der Waals surface area contributed by atoms with E-state index in [4.69, 9.17) is 5.11 Å². The maximum absolute atomic E-state index is 11.0. The molecule has 27 heavy (non-hydrogen) atoms. The van der Waals surface area contributed by atoms with Crippen LogP contribution in [0.15, 0.2) is 72.8 Å². The number of thiophene rings is 2. The fourth-order valence-corrected chi connectivity index (χ4v) is 4.73. The van der Waals surface area contributed by atoms with Crippen molar-refractivity contribution in [2.45, 2.75) is 0 Å². The highest BCUT2D eigenvalue weighted by molar-refractivity contribution is 7.24. The number of carbonyl (C=O) groups excluding carboxylic acids is 1. The number of hydrogen-bond acceptors (Lipinski definition) is 4. The van der Waals surface area contributed by atoms with Crippen LogP contribution in [-0.4, -0.2) is 17.4 Å². The first-order valence-electron chi connectivity index (χ1n) is 8.23. The highest BCUT2D eigenvalue weighted by Gasteiger charge is 2.08. The molecule has 0 aliphatic carbocycles. The number of rotatable bonds is 5. The van der Waals surface area contributed by atoms with E-state index in [9.17, 15) is 9.59 Å². The Kier molecular flexibility index (Phi) is 4.71. The van der Waals surface area contributed by atoms with E-state index >= 15 is 0 Å². The summed E-state index contributed by atoms with van der Waals surface area (Å²) in [5, 5.41) is 8.99. The lowest BCUT2D eigenvalue weighted by Gasteiger charge is -2.04. The quantitative estimate of drug-likeness (QED) is 0.406. The molecule has 0 saturated carbocycles. The fourth-order valence-electron chi connectivity index (χ4n) is 2.81. The third kappa shape index (κ3) is 3.60. The smallest absolute Gasteiger partial charge is 0.335 e. The van der Waals surface area contributed by atoms with Gasteiger partial charge in [-0.25, -0.2) is 4.79 Å². The van der Waals surface area contributed by atoms with Gasteiger partial charge in [0.05, 0.1) is 10.4 Å². The second-order valence-corrected chi connectivity index (χ2v) is 8.14. The van der Waals surface area contributed by atoms with Crippen LogP contribution in [0.5, 0.6) is 0 Å². The van der Waals surface area contributed by atoms with Gasteiger partial charge in [-0.15, -0.1) is 22.7 Å². The van der Waals surface area contributed by atoms with Gasteiger partial charge in [-0.05, 0) is 53.1 Å². The van der Waals surface area contributed by atoms with Gasteiger partial charge >= 0.3 is 5.97 Å². The summed E-state index contributed by atoms with van der Waals surface area (Å²) in [5.41, 5.74) is 3.44. The van der Waals surface area contributed by atoms with E-state index in [2.05, 4.69) is 24.3 Å². The van der Waals surface area contributed by atoms with Gasteiger partial charge in [0.15, 0.2) is 6.29 Å². The average molecular weight is 390 g/mol. The van der Waals surface area contributed by atoms with Gasteiger partial charge in [-0.1, -0.05) is 36.4 Å². The minimum atomic E-state index is -0.920. The molecule has 3 nitrogen and oxygen atoms in total. The van der Waals surface area contributed by atoms with Crippen LogP contribution in [0.3, 0.4) is 0 Å². The predicted molar refractivity (Wildman–Crippen MR) is 111 cm³/mol. The molecular formula is C22H14O3S2. The zero-order valence-corrected chi connectivity index (χ0v) is 15.7. The summed E-state index contributed by atoms with van der Waals surface area (Å²) >= 11 is 3.20. The summed E-state index contributed by atoms with van der Waals surface area (Å²) < 4.78 is 0. The van der Waals surface area contributed by atoms with E-state index in [0.29, 0.717) is 0 Å². The molecule has 2 aromatic heterocycles. The zero-order valence-electron chi connectivity index (χ0n) is 14.1. The minimum Gasteiger partial charge on any atom is -0.478 e. The highest BCUT2D eigenvalue weighted by Crippen LogP contribution is 2.37. The molecule has 4 rings (SSSR count). The first-order chi connectivity index (χ1) is 13.1. The third-order valence-electron chi connectivity index (χ3n) is 4.23. The molecule has 0 radical (unpaired) electrons. The normalized spacial score (nSPS) is 10.7. The van der Waals surface area contributed by atoms with Gasteiger partial charge in [0.25, 0.3) is 0 Å². The topological polar surface area (TPSA) is 54.4 Å². The summed E-state index contributed by atoms with van der Waals surface area (Å²) in [6.45, 7) is 0. The zero-order chi connectivity index (χ0) is 18.8. The van der Waals surface area contributed by atoms with Crippen LogP contribution in [0.25, 0.3) is 31.3 Å². The van der Waals surface area contributed by atoms with E-state index in [1.165, 1.54) is 16.2 Å². The summed E-state index contributed by atoms with van der Waals surface area (Å²) in [5.74, 6) is -0.920. The van der Waals surface area contributed by atoms with Crippen LogP contribution >= 0.6 is 22.7 Å².